The summed E-state index contributed by atoms with van der Waals surface area (Å²) in [6.07, 6.45) is 13.5. The molecule has 0 unspecified atom stereocenters. The van der Waals surface area contributed by atoms with Gasteiger partial charge >= 0.3 is 0 Å². The molecule has 0 aliphatic carbocycles. The molecule has 0 aliphatic rings. The first kappa shape index (κ1) is 12.9. The minimum absolute atomic E-state index is 0.811. The first-order chi connectivity index (χ1) is 6.91. The molecule has 0 aromatic carbocycles. The molecule has 0 rings (SSSR count). The number of aldehydes is 1. The number of unbranched alkanes of at least 4 members (excludes halogenated alkanes) is 6. The maximum Gasteiger partial charge on any atom is 0.142 e. The molecule has 0 N–H and O–H groups in total. The van der Waals surface area contributed by atoms with Crippen LogP contribution in [0.15, 0.2) is 18.2 Å². The molecule has 2 heteroatoms. The van der Waals surface area contributed by atoms with E-state index in [4.69, 9.17) is 0 Å². The molecule has 0 aliphatic heterocycles. The summed E-state index contributed by atoms with van der Waals surface area (Å²) < 4.78 is 0. The number of hydrogen-bond donors (Lipinski definition) is 0. The van der Waals surface area contributed by atoms with Crippen LogP contribution in [0.3, 0.4) is 0 Å². The lowest BCUT2D eigenvalue weighted by Crippen LogP contribution is -1.78. The van der Waals surface area contributed by atoms with Gasteiger partial charge in [0.1, 0.15) is 12.2 Å². The summed E-state index contributed by atoms with van der Waals surface area (Å²) >= 11 is 0. The van der Waals surface area contributed by atoms with Crippen molar-refractivity contribution in [2.75, 3.05) is 0 Å². The van der Waals surface area contributed by atoms with Gasteiger partial charge in [0.05, 0.1) is 0 Å². The van der Waals surface area contributed by atoms with E-state index in [-0.39, 0.29) is 0 Å². The van der Waals surface area contributed by atoms with Crippen LogP contribution in [0.25, 0.3) is 0 Å². The monoisotopic (exact) mass is 194 g/mol. The third-order valence-electron chi connectivity index (χ3n) is 2.02. The molecule has 0 spiro atoms. The van der Waals surface area contributed by atoms with Gasteiger partial charge in [-0.3, -0.25) is 4.79 Å². The molecular formula is C12H18O2. The third kappa shape index (κ3) is 10.9. The molecule has 0 atom stereocenters. The van der Waals surface area contributed by atoms with Crippen LogP contribution in [0.2, 0.25) is 0 Å². The van der Waals surface area contributed by atoms with E-state index in [9.17, 15) is 9.59 Å². The number of rotatable bonds is 9. The highest BCUT2D eigenvalue weighted by atomic mass is 16.1. The summed E-state index contributed by atoms with van der Waals surface area (Å²) in [6, 6.07) is 0. The van der Waals surface area contributed by atoms with Crippen molar-refractivity contribution in [2.45, 2.75) is 44.9 Å². The molecule has 78 valence electrons. The highest BCUT2D eigenvalue weighted by Gasteiger charge is 1.88. The van der Waals surface area contributed by atoms with Crippen molar-refractivity contribution in [3.05, 3.63) is 18.2 Å². The average molecular weight is 194 g/mol. The van der Waals surface area contributed by atoms with Gasteiger partial charge in [0.2, 0.25) is 0 Å². The van der Waals surface area contributed by atoms with Gasteiger partial charge in [-0.05, 0) is 37.8 Å². The van der Waals surface area contributed by atoms with Gasteiger partial charge in [-0.2, -0.15) is 0 Å². The molecule has 0 bridgehead atoms. The molecule has 0 heterocycles. The molecule has 0 aromatic rings. The van der Waals surface area contributed by atoms with Crippen molar-refractivity contribution >= 4 is 12.2 Å². The van der Waals surface area contributed by atoms with Crippen LogP contribution in [0.1, 0.15) is 44.9 Å². The highest BCUT2D eigenvalue weighted by Crippen LogP contribution is 2.07. The zero-order valence-electron chi connectivity index (χ0n) is 8.58. The lowest BCUT2D eigenvalue weighted by molar-refractivity contribution is -0.104. The molecule has 0 saturated carbocycles. The smallest absolute Gasteiger partial charge is 0.142 e. The summed E-state index contributed by atoms with van der Waals surface area (Å²) in [4.78, 5) is 19.7. The van der Waals surface area contributed by atoms with Crippen molar-refractivity contribution in [3.63, 3.8) is 0 Å². The average Bonchev–Trinajstić information content (AvgIpc) is 2.21. The van der Waals surface area contributed by atoms with Gasteiger partial charge in [0.25, 0.3) is 0 Å². The number of carbonyl (C=O) groups is 1. The van der Waals surface area contributed by atoms with Crippen molar-refractivity contribution in [1.82, 2.24) is 0 Å². The Morgan fingerprint density at radius 2 is 1.57 bits per heavy atom. The molecule has 0 aromatic heterocycles. The fourth-order valence-electron chi connectivity index (χ4n) is 1.25. The van der Waals surface area contributed by atoms with Crippen LogP contribution in [0, 0.1) is 0 Å². The zero-order valence-corrected chi connectivity index (χ0v) is 8.58. The zero-order chi connectivity index (χ0) is 10.5. The summed E-state index contributed by atoms with van der Waals surface area (Å²) in [5.41, 5.74) is 0. The minimum Gasteiger partial charge on any atom is -0.299 e. The predicted molar refractivity (Wildman–Crippen MR) is 57.8 cm³/mol. The Morgan fingerprint density at radius 1 is 0.929 bits per heavy atom. The summed E-state index contributed by atoms with van der Waals surface area (Å²) in [5, 5.41) is 0. The highest BCUT2D eigenvalue weighted by molar-refractivity contribution is 5.64. The second kappa shape index (κ2) is 11.9. The van der Waals surface area contributed by atoms with E-state index in [1.54, 1.807) is 18.1 Å². The Kier molecular flexibility index (Phi) is 10.9. The minimum atomic E-state index is 0.811. The molecule has 0 fully saturated rings. The van der Waals surface area contributed by atoms with Crippen LogP contribution in [-0.2, 0) is 9.59 Å². The van der Waals surface area contributed by atoms with E-state index < -0.39 is 0 Å². The quantitative estimate of drug-likeness (QED) is 0.245. The van der Waals surface area contributed by atoms with Crippen LogP contribution < -0.4 is 0 Å². The van der Waals surface area contributed by atoms with Gasteiger partial charge in [-0.15, -0.1) is 0 Å². The lowest BCUT2D eigenvalue weighted by atomic mass is 10.1. The second-order valence-corrected chi connectivity index (χ2v) is 3.23. The van der Waals surface area contributed by atoms with E-state index in [0.29, 0.717) is 0 Å². The summed E-state index contributed by atoms with van der Waals surface area (Å²) in [5.74, 6) is 1.78. The van der Waals surface area contributed by atoms with E-state index in [2.05, 4.69) is 0 Å². The number of allylic oxidation sites excluding steroid dienone is 3. The summed E-state index contributed by atoms with van der Waals surface area (Å²) in [6.45, 7) is 0. The molecule has 0 amide bonds. The van der Waals surface area contributed by atoms with Crippen LogP contribution in [-0.4, -0.2) is 12.2 Å². The molecule has 14 heavy (non-hydrogen) atoms. The Bertz CT molecular complexity index is 200. The maximum absolute atomic E-state index is 9.92. The standard InChI is InChI=1S/C12H18O2/c13-11-9-7-5-3-1-2-4-6-8-10-12-14/h7,9-11H,1-6,8H2. The molecule has 0 saturated heterocycles. The molecular weight excluding hydrogens is 176 g/mol. The van der Waals surface area contributed by atoms with Gasteiger partial charge in [-0.25, -0.2) is 4.79 Å². The Hall–Kier alpha value is -1.14. The molecule has 2 nitrogen and oxygen atoms in total. The third-order valence-corrected chi connectivity index (χ3v) is 2.02. The Balaban J connectivity index is 3.02. The van der Waals surface area contributed by atoms with Crippen molar-refractivity contribution in [2.24, 2.45) is 0 Å². The van der Waals surface area contributed by atoms with Gasteiger partial charge in [-0.1, -0.05) is 25.3 Å². The van der Waals surface area contributed by atoms with Gasteiger partial charge in [0.15, 0.2) is 0 Å². The van der Waals surface area contributed by atoms with Crippen LogP contribution in [0.5, 0.6) is 0 Å². The fourth-order valence-corrected chi connectivity index (χ4v) is 1.25. The van der Waals surface area contributed by atoms with E-state index in [1.807, 2.05) is 6.08 Å². The van der Waals surface area contributed by atoms with Crippen molar-refractivity contribution in [1.29, 1.82) is 0 Å². The SMILES string of the molecule is O=C=CCCCCCCCC=CC=O. The Morgan fingerprint density at radius 3 is 2.21 bits per heavy atom. The van der Waals surface area contributed by atoms with Crippen molar-refractivity contribution < 1.29 is 9.59 Å². The van der Waals surface area contributed by atoms with E-state index in [1.165, 1.54) is 19.3 Å². The normalized spacial score (nSPS) is 10.0. The maximum atomic E-state index is 9.92. The van der Waals surface area contributed by atoms with E-state index >= 15 is 0 Å². The first-order valence-corrected chi connectivity index (χ1v) is 5.21. The topological polar surface area (TPSA) is 34.1 Å². The fraction of sp³-hybridized carbons (Fsp3) is 0.583. The number of hydrogen-bond acceptors (Lipinski definition) is 2. The van der Waals surface area contributed by atoms with Crippen LogP contribution in [0.4, 0.5) is 0 Å². The molecule has 0 radical (unpaired) electrons. The lowest BCUT2D eigenvalue weighted by Gasteiger charge is -1.97. The van der Waals surface area contributed by atoms with E-state index in [0.717, 1.165) is 32.0 Å². The largest absolute Gasteiger partial charge is 0.299 e. The van der Waals surface area contributed by atoms with Gasteiger partial charge in [0, 0.05) is 0 Å². The van der Waals surface area contributed by atoms with Gasteiger partial charge < -0.3 is 0 Å². The number of carbonyl (C=O) groups excluding carboxylic acids is 2. The van der Waals surface area contributed by atoms with Crippen LogP contribution >= 0.6 is 0 Å². The second-order valence-electron chi connectivity index (χ2n) is 3.23. The summed E-state index contributed by atoms with van der Waals surface area (Å²) in [7, 11) is 0. The first-order valence-electron chi connectivity index (χ1n) is 5.21. The van der Waals surface area contributed by atoms with Crippen molar-refractivity contribution in [3.8, 4) is 0 Å². The Labute approximate surface area is 85.7 Å². The predicted octanol–water partition coefficient (Wildman–Crippen LogP) is 2.86.